The molecule has 2 amide bonds. The molecule has 2 fully saturated rings. The van der Waals surface area contributed by atoms with E-state index in [1.54, 1.807) is 11.1 Å². The number of nitrogens with zero attached hydrogens (tertiary/aromatic N) is 3. The summed E-state index contributed by atoms with van der Waals surface area (Å²) in [4.78, 5) is 55.3. The van der Waals surface area contributed by atoms with Crippen molar-refractivity contribution in [2.24, 2.45) is 11.8 Å². The average molecular weight is 534 g/mol. The Morgan fingerprint density at radius 2 is 1.59 bits per heavy atom. The van der Waals surface area contributed by atoms with E-state index in [2.05, 4.69) is 0 Å². The van der Waals surface area contributed by atoms with E-state index in [9.17, 15) is 24.5 Å². The molecule has 0 radical (unpaired) electrons. The van der Waals surface area contributed by atoms with Gasteiger partial charge in [0.25, 0.3) is 5.69 Å². The first kappa shape index (κ1) is 23.4. The number of halogens is 2. The highest BCUT2D eigenvalue weighted by Crippen LogP contribution is 2.54. The van der Waals surface area contributed by atoms with Gasteiger partial charge < -0.3 is 4.90 Å². The number of hydrogen-bond donors (Lipinski definition) is 0. The molecule has 10 heteroatoms. The second-order valence-corrected chi connectivity index (χ2v) is 10.0. The summed E-state index contributed by atoms with van der Waals surface area (Å²) in [5, 5.41) is 11.9. The number of benzene rings is 3. The number of carbonyl (C=O) groups excluding carboxylic acids is 3. The molecule has 0 N–H and O–H groups in total. The topological polar surface area (TPSA) is 101 Å². The molecule has 37 heavy (non-hydrogen) atoms. The van der Waals surface area contributed by atoms with Gasteiger partial charge in [-0.1, -0.05) is 59.6 Å². The monoisotopic (exact) mass is 533 g/mol. The summed E-state index contributed by atoms with van der Waals surface area (Å²) in [5.74, 6) is -3.35. The van der Waals surface area contributed by atoms with Gasteiger partial charge in [0.1, 0.15) is 6.04 Å². The summed E-state index contributed by atoms with van der Waals surface area (Å²) >= 11 is 12.3. The molecule has 0 unspecified atom stereocenters. The van der Waals surface area contributed by atoms with Crippen LogP contribution in [-0.4, -0.2) is 33.5 Å². The number of nitro groups is 1. The van der Waals surface area contributed by atoms with Crippen molar-refractivity contribution in [1.82, 2.24) is 4.90 Å². The number of carbonyl (C=O) groups is 3. The van der Waals surface area contributed by atoms with Crippen LogP contribution >= 0.6 is 23.2 Å². The molecule has 184 valence electrons. The zero-order chi connectivity index (χ0) is 26.0. The number of nitro benzene ring substituents is 1. The molecule has 3 aromatic carbocycles. The van der Waals surface area contributed by atoms with Crippen molar-refractivity contribution in [1.29, 1.82) is 0 Å². The predicted octanol–water partition coefficient (Wildman–Crippen LogP) is 5.30. The minimum atomic E-state index is -1.04. The molecule has 0 aliphatic carbocycles. The Labute approximate surface area is 220 Å². The molecule has 3 aliphatic rings. The Balaban J connectivity index is 1.50. The van der Waals surface area contributed by atoms with E-state index < -0.39 is 46.4 Å². The number of fused-ring (bicyclic) bond motifs is 5. The van der Waals surface area contributed by atoms with Crippen LogP contribution in [0.4, 0.5) is 11.4 Å². The van der Waals surface area contributed by atoms with E-state index in [-0.39, 0.29) is 27.0 Å². The van der Waals surface area contributed by atoms with Gasteiger partial charge in [0.05, 0.1) is 28.5 Å². The van der Waals surface area contributed by atoms with Crippen LogP contribution in [0.25, 0.3) is 6.08 Å². The van der Waals surface area contributed by atoms with Crippen molar-refractivity contribution in [2.45, 2.75) is 12.1 Å². The van der Waals surface area contributed by atoms with Gasteiger partial charge in [0, 0.05) is 33.9 Å². The van der Waals surface area contributed by atoms with Gasteiger partial charge in [0.2, 0.25) is 11.8 Å². The van der Waals surface area contributed by atoms with E-state index in [1.165, 1.54) is 42.5 Å². The molecule has 2 saturated heterocycles. The van der Waals surface area contributed by atoms with E-state index in [4.69, 9.17) is 23.2 Å². The maximum atomic E-state index is 13.9. The highest BCUT2D eigenvalue weighted by molar-refractivity contribution is 6.36. The number of hydrogen-bond acceptors (Lipinski definition) is 6. The second-order valence-electron chi connectivity index (χ2n) is 9.14. The zero-order valence-electron chi connectivity index (χ0n) is 19.0. The lowest BCUT2D eigenvalue weighted by atomic mass is 9.83. The minimum absolute atomic E-state index is 0.0929. The molecular weight excluding hydrogens is 517 g/mol. The second kappa shape index (κ2) is 8.54. The van der Waals surface area contributed by atoms with Crippen molar-refractivity contribution in [3.05, 3.63) is 110 Å². The molecule has 6 rings (SSSR count). The summed E-state index contributed by atoms with van der Waals surface area (Å²) < 4.78 is 0. The Kier molecular flexibility index (Phi) is 5.40. The first-order valence-corrected chi connectivity index (χ1v) is 12.2. The Bertz CT molecular complexity index is 1530. The van der Waals surface area contributed by atoms with E-state index in [0.717, 1.165) is 16.0 Å². The third kappa shape index (κ3) is 3.55. The zero-order valence-corrected chi connectivity index (χ0v) is 20.5. The lowest BCUT2D eigenvalue weighted by Crippen LogP contribution is -2.44. The first-order chi connectivity index (χ1) is 17.8. The summed E-state index contributed by atoms with van der Waals surface area (Å²) in [7, 11) is 0. The smallest absolute Gasteiger partial charge is 0.270 e. The lowest BCUT2D eigenvalue weighted by molar-refractivity contribution is -0.384. The van der Waals surface area contributed by atoms with Crippen LogP contribution < -0.4 is 4.90 Å². The average Bonchev–Trinajstić information content (AvgIpc) is 3.35. The van der Waals surface area contributed by atoms with Crippen molar-refractivity contribution < 1.29 is 19.3 Å². The molecule has 3 aliphatic heterocycles. The van der Waals surface area contributed by atoms with Gasteiger partial charge in [0.15, 0.2) is 5.78 Å². The van der Waals surface area contributed by atoms with Crippen LogP contribution in [0.5, 0.6) is 0 Å². The number of ketones is 1. The summed E-state index contributed by atoms with van der Waals surface area (Å²) in [6.45, 7) is 0. The molecule has 8 nitrogen and oxygen atoms in total. The van der Waals surface area contributed by atoms with Crippen LogP contribution in [0, 0.1) is 22.0 Å². The fourth-order valence-corrected chi connectivity index (χ4v) is 6.24. The molecule has 0 spiro atoms. The molecule has 4 atom stereocenters. The lowest BCUT2D eigenvalue weighted by Gasteiger charge is -2.35. The van der Waals surface area contributed by atoms with Crippen LogP contribution in [0.1, 0.15) is 27.5 Å². The van der Waals surface area contributed by atoms with Gasteiger partial charge in [-0.3, -0.25) is 24.5 Å². The fourth-order valence-electron chi connectivity index (χ4n) is 5.72. The van der Waals surface area contributed by atoms with E-state index in [1.807, 2.05) is 30.3 Å². The highest BCUT2D eigenvalue weighted by Gasteiger charge is 2.64. The summed E-state index contributed by atoms with van der Waals surface area (Å²) in [5.41, 5.74) is 1.79. The van der Waals surface area contributed by atoms with Gasteiger partial charge in [-0.05, 0) is 35.4 Å². The minimum Gasteiger partial charge on any atom is -0.358 e. The third-order valence-electron chi connectivity index (χ3n) is 7.18. The van der Waals surface area contributed by atoms with Crippen LogP contribution in [0.2, 0.25) is 10.0 Å². The van der Waals surface area contributed by atoms with Gasteiger partial charge in [-0.25, -0.2) is 4.90 Å². The molecule has 0 aromatic heterocycles. The Morgan fingerprint density at radius 3 is 2.32 bits per heavy atom. The predicted molar refractivity (Wildman–Crippen MR) is 137 cm³/mol. The highest BCUT2D eigenvalue weighted by atomic mass is 35.5. The molecular formula is C27H17Cl2N3O5. The standard InChI is InChI=1S/C27H17Cl2N3O5/c28-16-11-17(29)13-19(12-16)31-26(34)21-22(27(31)35)24(25(33)15-5-3-6-18(10-15)32(36)37)30-9-8-14-4-1-2-7-20(14)23(21)30/h1-13,21-24H/t21-,22-,23+,24+/m0/s1. The van der Waals surface area contributed by atoms with Crippen molar-refractivity contribution in [3.8, 4) is 0 Å². The van der Waals surface area contributed by atoms with Crippen molar-refractivity contribution in [3.63, 3.8) is 0 Å². The summed E-state index contributed by atoms with van der Waals surface area (Å²) in [6.07, 6.45) is 3.57. The Hall–Kier alpha value is -4.01. The van der Waals surface area contributed by atoms with Crippen molar-refractivity contribution in [2.75, 3.05) is 4.90 Å². The largest absolute Gasteiger partial charge is 0.358 e. The number of amides is 2. The SMILES string of the molecule is O=C(c1cccc([N+](=O)[O-])c1)[C@H]1[C@H]2C(=O)N(c3cc(Cl)cc(Cl)c3)C(=O)[C@@H]2[C@H]2c3ccccc3C=CN21. The molecule has 3 aromatic rings. The van der Waals surface area contributed by atoms with E-state index >= 15 is 0 Å². The number of imide groups is 1. The number of rotatable bonds is 4. The van der Waals surface area contributed by atoms with Crippen molar-refractivity contribution >= 4 is 58.3 Å². The molecule has 0 bridgehead atoms. The molecule has 0 saturated carbocycles. The van der Waals surface area contributed by atoms with Gasteiger partial charge in [-0.15, -0.1) is 0 Å². The molecule has 3 heterocycles. The third-order valence-corrected chi connectivity index (χ3v) is 7.61. The fraction of sp³-hybridized carbons (Fsp3) is 0.148. The number of non-ortho nitro benzene ring substituents is 1. The summed E-state index contributed by atoms with van der Waals surface area (Å²) in [6, 6.07) is 15.7. The van der Waals surface area contributed by atoms with Crippen LogP contribution in [-0.2, 0) is 9.59 Å². The number of anilines is 1. The van der Waals surface area contributed by atoms with Gasteiger partial charge in [-0.2, -0.15) is 0 Å². The maximum Gasteiger partial charge on any atom is 0.270 e. The van der Waals surface area contributed by atoms with Crippen LogP contribution in [0.3, 0.4) is 0 Å². The number of Topliss-reactive ketones (excluding diaryl/α,β-unsaturated/α-hetero) is 1. The Morgan fingerprint density at radius 1 is 0.892 bits per heavy atom. The van der Waals surface area contributed by atoms with Crippen LogP contribution in [0.15, 0.2) is 72.9 Å². The van der Waals surface area contributed by atoms with E-state index in [0.29, 0.717) is 0 Å². The van der Waals surface area contributed by atoms with Gasteiger partial charge >= 0.3 is 0 Å². The maximum absolute atomic E-state index is 13.9. The first-order valence-electron chi connectivity index (χ1n) is 11.4. The normalized spacial score (nSPS) is 23.6. The quantitative estimate of drug-likeness (QED) is 0.195.